The SMILES string of the molecule is COC(=O)[C@@H]1CCCN1C(O)OC(C)(C)C. The summed E-state index contributed by atoms with van der Waals surface area (Å²) in [5.41, 5.74) is -0.442. The fraction of sp³-hybridized carbons (Fsp3) is 0.909. The number of carbonyl (C=O) groups is 1. The summed E-state index contributed by atoms with van der Waals surface area (Å²) in [6.07, 6.45) is 0.522. The molecule has 1 N–H and O–H groups in total. The van der Waals surface area contributed by atoms with Crippen LogP contribution in [0.4, 0.5) is 0 Å². The maximum Gasteiger partial charge on any atom is 0.323 e. The molecule has 0 spiro atoms. The van der Waals surface area contributed by atoms with Crippen LogP contribution in [0.15, 0.2) is 0 Å². The molecular weight excluding hydrogens is 210 g/mol. The van der Waals surface area contributed by atoms with E-state index in [1.165, 1.54) is 7.11 Å². The van der Waals surface area contributed by atoms with Crippen molar-refractivity contribution in [3.8, 4) is 0 Å². The standard InChI is InChI=1S/C11H21NO4/c1-11(2,3)16-10(14)12-7-5-6-8(12)9(13)15-4/h8,10,14H,5-7H2,1-4H3/t8-,10?/m0/s1. The summed E-state index contributed by atoms with van der Waals surface area (Å²) in [6.45, 7) is 6.23. The molecule has 0 radical (unpaired) electrons. The third kappa shape index (κ3) is 3.43. The zero-order chi connectivity index (χ0) is 12.3. The third-order valence-electron chi connectivity index (χ3n) is 2.51. The van der Waals surface area contributed by atoms with Crippen LogP contribution in [0.5, 0.6) is 0 Å². The molecule has 5 nitrogen and oxygen atoms in total. The molecule has 0 bridgehead atoms. The number of ether oxygens (including phenoxy) is 2. The minimum Gasteiger partial charge on any atom is -0.468 e. The summed E-state index contributed by atoms with van der Waals surface area (Å²) >= 11 is 0. The number of nitrogens with zero attached hydrogens (tertiary/aromatic N) is 1. The van der Waals surface area contributed by atoms with Gasteiger partial charge in [0.1, 0.15) is 6.04 Å². The van der Waals surface area contributed by atoms with Gasteiger partial charge in [-0.2, -0.15) is 0 Å². The van der Waals surface area contributed by atoms with Crippen molar-refractivity contribution in [3.05, 3.63) is 0 Å². The zero-order valence-corrected chi connectivity index (χ0v) is 10.4. The highest BCUT2D eigenvalue weighted by molar-refractivity contribution is 5.75. The van der Waals surface area contributed by atoms with Gasteiger partial charge in [-0.3, -0.25) is 4.79 Å². The minimum absolute atomic E-state index is 0.311. The van der Waals surface area contributed by atoms with Crippen LogP contribution in [0.2, 0.25) is 0 Å². The molecule has 1 saturated heterocycles. The van der Waals surface area contributed by atoms with Gasteiger partial charge in [0.05, 0.1) is 12.7 Å². The molecule has 5 heteroatoms. The molecule has 1 aliphatic rings. The summed E-state index contributed by atoms with van der Waals surface area (Å²) in [6, 6.07) is -0.387. The van der Waals surface area contributed by atoms with Crippen molar-refractivity contribution in [3.63, 3.8) is 0 Å². The van der Waals surface area contributed by atoms with Gasteiger partial charge in [0.15, 0.2) is 0 Å². The van der Waals surface area contributed by atoms with Gasteiger partial charge in [-0.25, -0.2) is 4.90 Å². The Hall–Kier alpha value is -0.650. The lowest BCUT2D eigenvalue weighted by molar-refractivity contribution is -0.243. The van der Waals surface area contributed by atoms with E-state index in [1.807, 2.05) is 20.8 Å². The number of aliphatic hydroxyl groups excluding tert-OH is 1. The van der Waals surface area contributed by atoms with Crippen molar-refractivity contribution in [1.29, 1.82) is 0 Å². The van der Waals surface area contributed by atoms with Gasteiger partial charge in [-0.15, -0.1) is 0 Å². The monoisotopic (exact) mass is 231 g/mol. The van der Waals surface area contributed by atoms with Gasteiger partial charge in [-0.1, -0.05) is 0 Å². The Morgan fingerprint density at radius 3 is 2.62 bits per heavy atom. The summed E-state index contributed by atoms with van der Waals surface area (Å²) in [4.78, 5) is 13.1. The molecule has 0 aromatic carbocycles. The molecule has 16 heavy (non-hydrogen) atoms. The number of hydrogen-bond acceptors (Lipinski definition) is 5. The Morgan fingerprint density at radius 1 is 1.50 bits per heavy atom. The quantitative estimate of drug-likeness (QED) is 0.573. The predicted octanol–water partition coefficient (Wildman–Crippen LogP) is 0.715. The maximum atomic E-state index is 11.5. The Balaban J connectivity index is 2.61. The molecule has 1 aliphatic heterocycles. The first-order valence-corrected chi connectivity index (χ1v) is 5.54. The number of rotatable bonds is 3. The number of carbonyl (C=O) groups excluding carboxylic acids is 1. The number of likely N-dealkylation sites (tertiary alicyclic amines) is 1. The average Bonchev–Trinajstić information content (AvgIpc) is 2.62. The van der Waals surface area contributed by atoms with Crippen molar-refractivity contribution in [2.24, 2.45) is 0 Å². The van der Waals surface area contributed by atoms with Crippen LogP contribution < -0.4 is 0 Å². The van der Waals surface area contributed by atoms with E-state index in [4.69, 9.17) is 9.47 Å². The molecular formula is C11H21NO4. The van der Waals surface area contributed by atoms with Crippen LogP contribution in [-0.4, -0.2) is 47.7 Å². The molecule has 94 valence electrons. The van der Waals surface area contributed by atoms with Crippen molar-refractivity contribution in [1.82, 2.24) is 4.90 Å². The van der Waals surface area contributed by atoms with E-state index in [0.29, 0.717) is 13.0 Å². The van der Waals surface area contributed by atoms with E-state index >= 15 is 0 Å². The Kier molecular flexibility index (Phi) is 4.29. The summed E-state index contributed by atoms with van der Waals surface area (Å²) in [5, 5.41) is 9.90. The highest BCUT2D eigenvalue weighted by Crippen LogP contribution is 2.23. The number of aliphatic hydroxyl groups is 1. The van der Waals surface area contributed by atoms with E-state index in [1.54, 1.807) is 4.90 Å². The molecule has 0 amide bonds. The molecule has 0 aromatic heterocycles. The van der Waals surface area contributed by atoms with Crippen LogP contribution in [0.25, 0.3) is 0 Å². The molecule has 0 aliphatic carbocycles. The Labute approximate surface area is 96.3 Å². The van der Waals surface area contributed by atoms with E-state index < -0.39 is 12.0 Å². The topological polar surface area (TPSA) is 59.0 Å². The predicted molar refractivity (Wildman–Crippen MR) is 58.6 cm³/mol. The molecule has 0 saturated carbocycles. The fourth-order valence-corrected chi connectivity index (χ4v) is 1.83. The van der Waals surface area contributed by atoms with Gasteiger partial charge in [-0.05, 0) is 33.6 Å². The fourth-order valence-electron chi connectivity index (χ4n) is 1.83. The Bertz CT molecular complexity index is 249. The van der Waals surface area contributed by atoms with Crippen LogP contribution in [-0.2, 0) is 14.3 Å². The van der Waals surface area contributed by atoms with Gasteiger partial charge < -0.3 is 14.6 Å². The first-order chi connectivity index (χ1) is 7.35. The maximum absolute atomic E-state index is 11.5. The zero-order valence-electron chi connectivity index (χ0n) is 10.4. The molecule has 1 heterocycles. The van der Waals surface area contributed by atoms with Gasteiger partial charge in [0.25, 0.3) is 0 Å². The van der Waals surface area contributed by atoms with Crippen LogP contribution >= 0.6 is 0 Å². The van der Waals surface area contributed by atoms with Gasteiger partial charge in [0.2, 0.25) is 6.41 Å². The minimum atomic E-state index is -1.05. The number of hydrogen-bond donors (Lipinski definition) is 1. The molecule has 1 rings (SSSR count). The lowest BCUT2D eigenvalue weighted by Crippen LogP contribution is -2.47. The van der Waals surface area contributed by atoms with Crippen molar-refractivity contribution < 1.29 is 19.4 Å². The highest BCUT2D eigenvalue weighted by Gasteiger charge is 2.37. The van der Waals surface area contributed by atoms with E-state index in [0.717, 1.165) is 6.42 Å². The normalized spacial score (nSPS) is 24.4. The average molecular weight is 231 g/mol. The summed E-state index contributed by atoms with van der Waals surface area (Å²) in [7, 11) is 1.36. The van der Waals surface area contributed by atoms with Crippen molar-refractivity contribution >= 4 is 5.97 Å². The second-order valence-electron chi connectivity index (χ2n) is 4.98. The molecule has 0 aromatic rings. The van der Waals surface area contributed by atoms with Crippen LogP contribution in [0, 0.1) is 0 Å². The van der Waals surface area contributed by atoms with E-state index in [2.05, 4.69) is 0 Å². The third-order valence-corrected chi connectivity index (χ3v) is 2.51. The first-order valence-electron chi connectivity index (χ1n) is 5.54. The second kappa shape index (κ2) is 5.12. The van der Waals surface area contributed by atoms with Crippen molar-refractivity contribution in [2.75, 3.05) is 13.7 Å². The second-order valence-corrected chi connectivity index (χ2v) is 4.98. The van der Waals surface area contributed by atoms with Crippen LogP contribution in [0.1, 0.15) is 33.6 Å². The number of methoxy groups -OCH3 is 1. The van der Waals surface area contributed by atoms with Gasteiger partial charge in [0, 0.05) is 6.54 Å². The van der Waals surface area contributed by atoms with E-state index in [-0.39, 0.29) is 12.0 Å². The molecule has 2 atom stereocenters. The van der Waals surface area contributed by atoms with Crippen molar-refractivity contribution in [2.45, 2.75) is 51.7 Å². The smallest absolute Gasteiger partial charge is 0.323 e. The molecule has 1 fully saturated rings. The number of esters is 1. The summed E-state index contributed by atoms with van der Waals surface area (Å²) in [5.74, 6) is -0.311. The lowest BCUT2D eigenvalue weighted by Gasteiger charge is -2.32. The van der Waals surface area contributed by atoms with Gasteiger partial charge >= 0.3 is 5.97 Å². The largest absolute Gasteiger partial charge is 0.468 e. The lowest BCUT2D eigenvalue weighted by atomic mass is 10.2. The highest BCUT2D eigenvalue weighted by atomic mass is 16.6. The van der Waals surface area contributed by atoms with Crippen LogP contribution in [0.3, 0.4) is 0 Å². The Morgan fingerprint density at radius 2 is 2.12 bits per heavy atom. The summed E-state index contributed by atoms with van der Waals surface area (Å²) < 4.78 is 10.1. The molecule has 1 unspecified atom stereocenters. The van der Waals surface area contributed by atoms with E-state index in [9.17, 15) is 9.90 Å². The first kappa shape index (κ1) is 13.4.